The predicted molar refractivity (Wildman–Crippen MR) is 52.7 cm³/mol. The van der Waals surface area contributed by atoms with Gasteiger partial charge in [-0.15, -0.1) is 0 Å². The van der Waals surface area contributed by atoms with Gasteiger partial charge in [-0.1, -0.05) is 27.7 Å². The van der Waals surface area contributed by atoms with Gasteiger partial charge in [-0.25, -0.2) is 4.52 Å². The van der Waals surface area contributed by atoms with E-state index in [0.717, 1.165) is 12.2 Å². The summed E-state index contributed by atoms with van der Waals surface area (Å²) in [5.41, 5.74) is 2.85. The summed E-state index contributed by atoms with van der Waals surface area (Å²) in [6.07, 6.45) is 1.03. The molecule has 1 rings (SSSR count). The molecular formula is C11H20NO+. The SMILES string of the molecule is CCc1c(C(C)(C)C)c(C)o[n+]1C. The molecule has 0 unspecified atom stereocenters. The topological polar surface area (TPSA) is 17.0 Å². The van der Waals surface area contributed by atoms with Gasteiger partial charge in [-0.3, -0.25) is 0 Å². The minimum Gasteiger partial charge on any atom is -0.241 e. The van der Waals surface area contributed by atoms with Gasteiger partial charge in [0.05, 0.1) is 5.56 Å². The molecule has 1 heterocycles. The van der Waals surface area contributed by atoms with E-state index in [1.165, 1.54) is 11.3 Å². The minimum atomic E-state index is 0.181. The molecule has 0 aliphatic carbocycles. The molecule has 13 heavy (non-hydrogen) atoms. The van der Waals surface area contributed by atoms with Crippen LogP contribution in [0, 0.1) is 6.92 Å². The minimum absolute atomic E-state index is 0.181. The largest absolute Gasteiger partial charge is 0.241 e. The summed E-state index contributed by atoms with van der Waals surface area (Å²) < 4.78 is 7.46. The fourth-order valence-electron chi connectivity index (χ4n) is 2.03. The first kappa shape index (κ1) is 10.3. The normalized spacial score (nSPS) is 12.2. The molecule has 0 aliphatic heterocycles. The van der Waals surface area contributed by atoms with Crippen LogP contribution in [-0.2, 0) is 18.9 Å². The number of rotatable bonds is 1. The van der Waals surface area contributed by atoms with Crippen molar-refractivity contribution in [3.8, 4) is 0 Å². The van der Waals surface area contributed by atoms with E-state index in [0.29, 0.717) is 0 Å². The molecule has 0 atom stereocenters. The van der Waals surface area contributed by atoms with Crippen molar-refractivity contribution in [2.75, 3.05) is 0 Å². The number of aryl methyl sites for hydroxylation is 2. The first-order chi connectivity index (χ1) is 5.88. The highest BCUT2D eigenvalue weighted by molar-refractivity contribution is 5.27. The van der Waals surface area contributed by atoms with E-state index in [2.05, 4.69) is 27.7 Å². The molecule has 1 aromatic heterocycles. The van der Waals surface area contributed by atoms with Crippen LogP contribution in [0.1, 0.15) is 44.7 Å². The Labute approximate surface area is 80.5 Å². The highest BCUT2D eigenvalue weighted by Gasteiger charge is 2.30. The lowest BCUT2D eigenvalue weighted by Gasteiger charge is -2.15. The van der Waals surface area contributed by atoms with Crippen LogP contribution in [0.15, 0.2) is 4.52 Å². The summed E-state index contributed by atoms with van der Waals surface area (Å²) in [4.78, 5) is 0. The van der Waals surface area contributed by atoms with Gasteiger partial charge in [0.1, 0.15) is 0 Å². The maximum absolute atomic E-state index is 5.58. The van der Waals surface area contributed by atoms with Crippen LogP contribution < -0.4 is 4.74 Å². The van der Waals surface area contributed by atoms with E-state index in [-0.39, 0.29) is 5.41 Å². The summed E-state index contributed by atoms with van der Waals surface area (Å²) >= 11 is 0. The second-order valence-corrected chi connectivity index (χ2v) is 4.57. The molecule has 74 valence electrons. The number of hydrogen-bond acceptors (Lipinski definition) is 1. The Balaban J connectivity index is 3.34. The second-order valence-electron chi connectivity index (χ2n) is 4.57. The van der Waals surface area contributed by atoms with Crippen molar-refractivity contribution >= 4 is 0 Å². The van der Waals surface area contributed by atoms with Crippen LogP contribution in [0.25, 0.3) is 0 Å². The maximum Gasteiger partial charge on any atom is 0.234 e. The van der Waals surface area contributed by atoms with Crippen LogP contribution in [0.3, 0.4) is 0 Å². The van der Waals surface area contributed by atoms with Gasteiger partial charge in [0.25, 0.3) is 0 Å². The van der Waals surface area contributed by atoms with Crippen molar-refractivity contribution in [3.63, 3.8) is 0 Å². The van der Waals surface area contributed by atoms with Gasteiger partial charge in [-0.2, -0.15) is 0 Å². The number of nitrogens with zero attached hydrogens (tertiary/aromatic N) is 1. The zero-order valence-electron chi connectivity index (χ0n) is 9.56. The van der Waals surface area contributed by atoms with Crippen molar-refractivity contribution in [1.29, 1.82) is 0 Å². The molecule has 0 amide bonds. The van der Waals surface area contributed by atoms with Crippen molar-refractivity contribution in [3.05, 3.63) is 17.0 Å². The Morgan fingerprint density at radius 3 is 2.15 bits per heavy atom. The van der Waals surface area contributed by atoms with Crippen LogP contribution in [0.4, 0.5) is 0 Å². The Hall–Kier alpha value is -0.790. The highest BCUT2D eigenvalue weighted by Crippen LogP contribution is 2.27. The summed E-state index contributed by atoms with van der Waals surface area (Å²) in [6.45, 7) is 10.9. The van der Waals surface area contributed by atoms with Crippen molar-refractivity contribution in [2.45, 2.75) is 46.5 Å². The van der Waals surface area contributed by atoms with E-state index in [1.807, 2.05) is 18.7 Å². The Morgan fingerprint density at radius 1 is 1.31 bits per heavy atom. The summed E-state index contributed by atoms with van der Waals surface area (Å²) in [6, 6.07) is 0. The lowest BCUT2D eigenvalue weighted by Crippen LogP contribution is -2.31. The standard InChI is InChI=1S/C11H20NO/c1-7-9-10(11(3,4)5)8(2)13-12(9)6/h7H2,1-6H3/q+1. The fraction of sp³-hybridized carbons (Fsp3) is 0.727. The van der Waals surface area contributed by atoms with Crippen LogP contribution in [0.2, 0.25) is 0 Å². The van der Waals surface area contributed by atoms with Crippen LogP contribution >= 0.6 is 0 Å². The van der Waals surface area contributed by atoms with Gasteiger partial charge >= 0.3 is 0 Å². The summed E-state index contributed by atoms with van der Waals surface area (Å²) in [5, 5.41) is 0. The van der Waals surface area contributed by atoms with E-state index in [4.69, 9.17) is 4.52 Å². The second kappa shape index (κ2) is 3.17. The number of aromatic nitrogens is 1. The van der Waals surface area contributed by atoms with E-state index < -0.39 is 0 Å². The smallest absolute Gasteiger partial charge is 0.234 e. The maximum atomic E-state index is 5.58. The molecule has 0 fully saturated rings. The molecule has 2 heteroatoms. The first-order valence-electron chi connectivity index (χ1n) is 4.87. The number of hydrogen-bond donors (Lipinski definition) is 0. The van der Waals surface area contributed by atoms with Gasteiger partial charge in [-0.05, 0) is 10.2 Å². The fourth-order valence-corrected chi connectivity index (χ4v) is 2.03. The summed E-state index contributed by atoms with van der Waals surface area (Å²) in [5.74, 6) is 1.05. The molecule has 0 bridgehead atoms. The highest BCUT2D eigenvalue weighted by atomic mass is 16.5. The van der Waals surface area contributed by atoms with E-state index >= 15 is 0 Å². The van der Waals surface area contributed by atoms with Gasteiger partial charge in [0.15, 0.2) is 12.8 Å². The van der Waals surface area contributed by atoms with Crippen LogP contribution in [0.5, 0.6) is 0 Å². The average molecular weight is 182 g/mol. The van der Waals surface area contributed by atoms with Gasteiger partial charge < -0.3 is 0 Å². The molecule has 2 nitrogen and oxygen atoms in total. The molecule has 0 spiro atoms. The average Bonchev–Trinajstić information content (AvgIpc) is 2.23. The molecule has 0 saturated carbocycles. The molecule has 1 aromatic rings. The third-order valence-electron chi connectivity index (χ3n) is 2.38. The van der Waals surface area contributed by atoms with E-state index in [9.17, 15) is 0 Å². The third-order valence-corrected chi connectivity index (χ3v) is 2.38. The van der Waals surface area contributed by atoms with Crippen molar-refractivity contribution in [1.82, 2.24) is 0 Å². The van der Waals surface area contributed by atoms with Gasteiger partial charge in [0.2, 0.25) is 5.69 Å². The lowest BCUT2D eigenvalue weighted by atomic mass is 9.85. The zero-order chi connectivity index (χ0) is 10.2. The van der Waals surface area contributed by atoms with E-state index in [1.54, 1.807) is 0 Å². The molecular weight excluding hydrogens is 162 g/mol. The van der Waals surface area contributed by atoms with Crippen LogP contribution in [-0.4, -0.2) is 0 Å². The quantitative estimate of drug-likeness (QED) is 0.609. The first-order valence-corrected chi connectivity index (χ1v) is 4.87. The Kier molecular flexibility index (Phi) is 2.51. The van der Waals surface area contributed by atoms with Crippen molar-refractivity contribution < 1.29 is 9.26 Å². The predicted octanol–water partition coefficient (Wildman–Crippen LogP) is 2.27. The molecule has 0 saturated heterocycles. The lowest BCUT2D eigenvalue weighted by molar-refractivity contribution is -0.851. The summed E-state index contributed by atoms with van der Waals surface area (Å²) in [7, 11) is 1.97. The Bertz CT molecular complexity index is 305. The van der Waals surface area contributed by atoms with Gasteiger partial charge in [0, 0.05) is 13.3 Å². The third kappa shape index (κ3) is 1.77. The van der Waals surface area contributed by atoms with Crippen molar-refractivity contribution in [2.24, 2.45) is 7.05 Å². The zero-order valence-corrected chi connectivity index (χ0v) is 9.56. The molecule has 0 radical (unpaired) electrons. The molecule has 0 N–H and O–H groups in total. The molecule has 0 aliphatic rings. The monoisotopic (exact) mass is 182 g/mol. The molecule has 0 aromatic carbocycles. The Morgan fingerprint density at radius 2 is 1.85 bits per heavy atom.